The van der Waals surface area contributed by atoms with Gasteiger partial charge in [0.1, 0.15) is 16.7 Å². The van der Waals surface area contributed by atoms with Crippen molar-refractivity contribution in [2.45, 2.75) is 50.2 Å². The summed E-state index contributed by atoms with van der Waals surface area (Å²) in [5.41, 5.74) is 2.07. The van der Waals surface area contributed by atoms with Crippen molar-refractivity contribution < 1.29 is 26.7 Å². The number of hydrogen-bond acceptors (Lipinski definition) is 6. The Balaban J connectivity index is 2.10. The van der Waals surface area contributed by atoms with Crippen LogP contribution in [-0.4, -0.2) is 75.7 Å². The third-order valence-corrected chi connectivity index (χ3v) is 9.38. The van der Waals surface area contributed by atoms with Crippen molar-refractivity contribution in [3.8, 4) is 5.75 Å². The van der Waals surface area contributed by atoms with Gasteiger partial charge in [0.25, 0.3) is 0 Å². The summed E-state index contributed by atoms with van der Waals surface area (Å²) >= 11 is 0. The molecular formula is C21H32N2O6S2. The first-order valence-corrected chi connectivity index (χ1v) is 13.8. The van der Waals surface area contributed by atoms with Crippen molar-refractivity contribution in [1.82, 2.24) is 8.61 Å². The van der Waals surface area contributed by atoms with E-state index in [0.29, 0.717) is 0 Å². The van der Waals surface area contributed by atoms with Gasteiger partial charge in [0.15, 0.2) is 0 Å². The summed E-state index contributed by atoms with van der Waals surface area (Å²) in [7, 11) is -5.86. The number of ether oxygens (including phenoxy) is 1. The minimum Gasteiger partial charge on any atom is -0.487 e. The quantitative estimate of drug-likeness (QED) is 0.678. The van der Waals surface area contributed by atoms with Crippen LogP contribution in [0.25, 0.3) is 5.57 Å². The molecule has 8 nitrogen and oxygen atoms in total. The predicted octanol–water partition coefficient (Wildman–Crippen LogP) is 1.91. The summed E-state index contributed by atoms with van der Waals surface area (Å²) in [6, 6.07) is 4.48. The second-order valence-corrected chi connectivity index (χ2v) is 12.5. The topological polar surface area (TPSA) is 104 Å². The molecule has 0 amide bonds. The summed E-state index contributed by atoms with van der Waals surface area (Å²) in [6.07, 6.45) is 5.70. The molecule has 2 aliphatic rings. The average Bonchev–Trinajstić information content (AvgIpc) is 3.23. The monoisotopic (exact) mass is 472 g/mol. The summed E-state index contributed by atoms with van der Waals surface area (Å²) in [5, 5.41) is 9.69. The maximum Gasteiger partial charge on any atom is 0.247 e. The molecule has 0 unspecified atom stereocenters. The number of rotatable bonds is 6. The van der Waals surface area contributed by atoms with E-state index in [1.54, 1.807) is 25.1 Å². The Morgan fingerprint density at radius 2 is 2.06 bits per heavy atom. The van der Waals surface area contributed by atoms with E-state index in [2.05, 4.69) is 6.08 Å². The van der Waals surface area contributed by atoms with Gasteiger partial charge in [-0.05, 0) is 49.5 Å². The van der Waals surface area contributed by atoms with Crippen molar-refractivity contribution >= 4 is 25.6 Å². The molecule has 0 bridgehead atoms. The van der Waals surface area contributed by atoms with E-state index in [1.165, 1.54) is 15.7 Å². The number of allylic oxidation sites excluding steroid dienone is 2. The van der Waals surface area contributed by atoms with Gasteiger partial charge in [0.05, 0.1) is 19.4 Å². The highest BCUT2D eigenvalue weighted by molar-refractivity contribution is 7.89. The number of nitrogens with zero attached hydrogens (tertiary/aromatic N) is 2. The molecule has 3 atom stereocenters. The van der Waals surface area contributed by atoms with Crippen molar-refractivity contribution in [3.05, 3.63) is 29.8 Å². The standard InChI is InChI=1S/C21H32N2O6S2/c1-15-12-23(16(2)14-24)31(27,28)21-10-9-18(17-7-5-6-8-17)11-19(21)29-20(15)13-22(3)30(4,25)26/h7,9-11,15-16,20,24H,5-6,8,12-14H2,1-4H3/t15-,16-,20-/m0/s1. The number of benzene rings is 1. The van der Waals surface area contributed by atoms with E-state index in [0.717, 1.165) is 36.7 Å². The molecule has 1 aliphatic heterocycles. The van der Waals surface area contributed by atoms with Gasteiger partial charge in [-0.25, -0.2) is 21.1 Å². The highest BCUT2D eigenvalue weighted by atomic mass is 32.2. The van der Waals surface area contributed by atoms with Gasteiger partial charge in [-0.3, -0.25) is 0 Å². The molecule has 1 heterocycles. The van der Waals surface area contributed by atoms with Crippen LogP contribution in [0.15, 0.2) is 29.2 Å². The Bertz CT molecular complexity index is 1050. The van der Waals surface area contributed by atoms with E-state index < -0.39 is 32.2 Å². The SMILES string of the molecule is C[C@H]1CN([C@@H](C)CO)S(=O)(=O)c2ccc(C3=CCCC3)cc2O[C@H]1CN(C)S(C)(=O)=O. The molecule has 1 aromatic carbocycles. The lowest BCUT2D eigenvalue weighted by atomic mass is 10.0. The fourth-order valence-corrected chi connectivity index (χ4v) is 6.21. The maximum absolute atomic E-state index is 13.5. The van der Waals surface area contributed by atoms with Gasteiger partial charge >= 0.3 is 0 Å². The number of hydrogen-bond donors (Lipinski definition) is 1. The molecular weight excluding hydrogens is 440 g/mol. The fourth-order valence-electron chi connectivity index (χ4n) is 3.97. The number of sulfonamides is 2. The van der Waals surface area contributed by atoms with Gasteiger partial charge in [0.2, 0.25) is 20.0 Å². The number of aliphatic hydroxyl groups is 1. The molecule has 0 fully saturated rings. The van der Waals surface area contributed by atoms with E-state index in [9.17, 15) is 21.9 Å². The van der Waals surface area contributed by atoms with Gasteiger partial charge in [-0.15, -0.1) is 0 Å². The maximum atomic E-state index is 13.5. The molecule has 3 rings (SSSR count). The van der Waals surface area contributed by atoms with Crippen LogP contribution in [0.5, 0.6) is 5.75 Å². The predicted molar refractivity (Wildman–Crippen MR) is 120 cm³/mol. The van der Waals surface area contributed by atoms with Crippen molar-refractivity contribution in [3.63, 3.8) is 0 Å². The molecule has 0 spiro atoms. The molecule has 1 aliphatic carbocycles. The van der Waals surface area contributed by atoms with Gasteiger partial charge < -0.3 is 9.84 Å². The van der Waals surface area contributed by atoms with Crippen LogP contribution in [0.1, 0.15) is 38.7 Å². The Morgan fingerprint density at radius 3 is 2.65 bits per heavy atom. The first-order valence-electron chi connectivity index (χ1n) is 10.5. The number of fused-ring (bicyclic) bond motifs is 1. The van der Waals surface area contributed by atoms with Crippen LogP contribution in [-0.2, 0) is 20.0 Å². The third kappa shape index (κ3) is 5.14. The van der Waals surface area contributed by atoms with Crippen LogP contribution in [0.4, 0.5) is 0 Å². The zero-order valence-electron chi connectivity index (χ0n) is 18.5. The minimum absolute atomic E-state index is 0.0362. The van der Waals surface area contributed by atoms with Crippen LogP contribution in [0.2, 0.25) is 0 Å². The van der Waals surface area contributed by atoms with Crippen LogP contribution in [0, 0.1) is 5.92 Å². The minimum atomic E-state index is -3.91. The summed E-state index contributed by atoms with van der Waals surface area (Å²) in [4.78, 5) is 0.0362. The van der Waals surface area contributed by atoms with Gasteiger partial charge in [0, 0.05) is 25.6 Å². The average molecular weight is 473 g/mol. The third-order valence-electron chi connectivity index (χ3n) is 6.08. The smallest absolute Gasteiger partial charge is 0.247 e. The Kier molecular flexibility index (Phi) is 7.17. The Morgan fingerprint density at radius 1 is 1.35 bits per heavy atom. The van der Waals surface area contributed by atoms with E-state index in [-0.39, 0.29) is 36.3 Å². The van der Waals surface area contributed by atoms with E-state index >= 15 is 0 Å². The van der Waals surface area contributed by atoms with Gasteiger partial charge in [-0.2, -0.15) is 4.31 Å². The number of likely N-dealkylation sites (N-methyl/N-ethyl adjacent to an activating group) is 1. The molecule has 1 aromatic rings. The summed E-state index contributed by atoms with van der Waals surface area (Å²) < 4.78 is 59.6. The molecule has 10 heteroatoms. The molecule has 0 saturated heterocycles. The second kappa shape index (κ2) is 9.19. The highest BCUT2D eigenvalue weighted by Gasteiger charge is 2.38. The molecule has 174 valence electrons. The summed E-state index contributed by atoms with van der Waals surface area (Å²) in [5.74, 6) is -0.0885. The fraction of sp³-hybridized carbons (Fsp3) is 0.619. The normalized spacial score (nSPS) is 25.3. The first-order chi connectivity index (χ1) is 14.4. The molecule has 0 radical (unpaired) electrons. The Labute approximate surface area is 185 Å². The molecule has 0 saturated carbocycles. The molecule has 31 heavy (non-hydrogen) atoms. The van der Waals surface area contributed by atoms with E-state index in [4.69, 9.17) is 4.74 Å². The first kappa shape index (κ1) is 24.2. The lowest BCUT2D eigenvalue weighted by Gasteiger charge is -2.37. The zero-order chi connectivity index (χ0) is 23.0. The molecule has 1 N–H and O–H groups in total. The highest BCUT2D eigenvalue weighted by Crippen LogP contribution is 2.37. The zero-order valence-corrected chi connectivity index (χ0v) is 20.1. The second-order valence-electron chi connectivity index (χ2n) is 8.57. The number of aliphatic hydroxyl groups excluding tert-OH is 1. The van der Waals surface area contributed by atoms with E-state index in [1.807, 2.05) is 6.92 Å². The lowest BCUT2D eigenvalue weighted by molar-refractivity contribution is 0.0905. The Hall–Kier alpha value is -1.46. The van der Waals surface area contributed by atoms with Gasteiger partial charge in [-0.1, -0.05) is 19.1 Å². The largest absolute Gasteiger partial charge is 0.487 e. The van der Waals surface area contributed by atoms with Crippen LogP contribution < -0.4 is 4.74 Å². The summed E-state index contributed by atoms with van der Waals surface area (Å²) in [6.45, 7) is 3.37. The van der Waals surface area contributed by atoms with Crippen molar-refractivity contribution in [2.75, 3.05) is 33.0 Å². The van der Waals surface area contributed by atoms with Crippen molar-refractivity contribution in [2.24, 2.45) is 5.92 Å². The van der Waals surface area contributed by atoms with Crippen LogP contribution >= 0.6 is 0 Å². The van der Waals surface area contributed by atoms with Crippen LogP contribution in [0.3, 0.4) is 0 Å². The van der Waals surface area contributed by atoms with Crippen molar-refractivity contribution in [1.29, 1.82) is 0 Å². The lowest BCUT2D eigenvalue weighted by Crippen LogP contribution is -2.50. The molecule has 0 aromatic heterocycles.